The van der Waals surface area contributed by atoms with Gasteiger partial charge >= 0.3 is 0 Å². The molecule has 0 bridgehead atoms. The molecule has 0 heterocycles. The Kier molecular flexibility index (Phi) is 4.42. The van der Waals surface area contributed by atoms with Gasteiger partial charge in [0, 0.05) is 11.2 Å². The summed E-state index contributed by atoms with van der Waals surface area (Å²) < 4.78 is 22.7. The van der Waals surface area contributed by atoms with Crippen molar-refractivity contribution in [3.8, 4) is 0 Å². The van der Waals surface area contributed by atoms with E-state index in [1.165, 1.54) is 0 Å². The van der Waals surface area contributed by atoms with Gasteiger partial charge in [0.05, 0.1) is 0 Å². The van der Waals surface area contributed by atoms with Crippen LogP contribution in [-0.4, -0.2) is 11.3 Å². The quantitative estimate of drug-likeness (QED) is 0.596. The minimum atomic E-state index is -2.14. The molecule has 0 fully saturated rings. The van der Waals surface area contributed by atoms with Gasteiger partial charge in [-0.15, -0.1) is 0 Å². The minimum Gasteiger partial charge on any atom is -0.211 e. The number of rotatable bonds is 3. The molecule has 0 aromatic rings. The minimum absolute atomic E-state index is 0.00637. The molecule has 0 aliphatic carbocycles. The van der Waals surface area contributed by atoms with Crippen molar-refractivity contribution >= 4 is 15.9 Å². The molecule has 0 aliphatic rings. The monoisotopic (exact) mass is 186 g/mol. The van der Waals surface area contributed by atoms with Crippen LogP contribution >= 0.6 is 15.9 Å². The molecule has 0 aliphatic heterocycles. The molecule has 0 unspecified atom stereocenters. The van der Waals surface area contributed by atoms with Crippen molar-refractivity contribution < 1.29 is 8.78 Å². The second kappa shape index (κ2) is 4.24. The zero-order valence-electron chi connectivity index (χ0n) is 4.70. The first-order valence-corrected chi connectivity index (χ1v) is 3.46. The highest BCUT2D eigenvalue weighted by atomic mass is 79.9. The predicted molar refractivity (Wildman–Crippen MR) is 33.6 cm³/mol. The molecule has 0 spiro atoms. The molecule has 0 aromatic heterocycles. The smallest absolute Gasteiger partial charge is 0.211 e. The van der Waals surface area contributed by atoms with Gasteiger partial charge in [0.15, 0.2) is 0 Å². The summed E-state index contributed by atoms with van der Waals surface area (Å²) in [6.45, 7) is 1.86. The third-order valence-electron chi connectivity index (χ3n) is 0.783. The maximum Gasteiger partial charge on any atom is 0.238 e. The Balaban J connectivity index is 2.93. The van der Waals surface area contributed by atoms with E-state index in [9.17, 15) is 8.78 Å². The summed E-state index contributed by atoms with van der Waals surface area (Å²) in [4.78, 5) is 0.219. The summed E-state index contributed by atoms with van der Waals surface area (Å²) >= 11 is 3.17. The Morgan fingerprint density at radius 2 is 1.88 bits per heavy atom. The largest absolute Gasteiger partial charge is 0.238 e. The maximum absolute atomic E-state index is 11.4. The van der Waals surface area contributed by atoms with Crippen LogP contribution in [0.1, 0.15) is 19.8 Å². The van der Waals surface area contributed by atoms with Crippen LogP contribution < -0.4 is 0 Å². The van der Waals surface area contributed by atoms with Crippen molar-refractivity contribution in [2.75, 3.05) is 0 Å². The van der Waals surface area contributed by atoms with Crippen LogP contribution in [0.25, 0.3) is 0 Å². The average Bonchev–Trinajstić information content (AvgIpc) is 1.61. The van der Waals surface area contributed by atoms with Crippen LogP contribution in [0, 0.1) is 0 Å². The summed E-state index contributed by atoms with van der Waals surface area (Å²) in [5.74, 6) is 0. The lowest BCUT2D eigenvalue weighted by Gasteiger charge is -1.99. The van der Waals surface area contributed by atoms with Crippen molar-refractivity contribution in [2.45, 2.75) is 31.0 Å². The Labute approximate surface area is 56.4 Å². The molecule has 0 radical (unpaired) electrons. The van der Waals surface area contributed by atoms with E-state index >= 15 is 0 Å². The van der Waals surface area contributed by atoms with Crippen molar-refractivity contribution in [3.05, 3.63) is 0 Å². The molecule has 0 amide bonds. The SMILES string of the molecule is C[C@H](Br)CCC(F)F. The lowest BCUT2D eigenvalue weighted by Crippen LogP contribution is -1.95. The third kappa shape index (κ3) is 6.34. The molecule has 1 atom stereocenters. The van der Waals surface area contributed by atoms with Crippen LogP contribution in [-0.2, 0) is 0 Å². The standard InChI is InChI=1S/C5H9BrF2/c1-4(6)2-3-5(7)8/h4-5H,2-3H2,1H3/t4-/m0/s1. The van der Waals surface area contributed by atoms with E-state index < -0.39 is 6.43 Å². The van der Waals surface area contributed by atoms with Crippen molar-refractivity contribution in [1.29, 1.82) is 0 Å². The molecule has 3 heteroatoms. The van der Waals surface area contributed by atoms with E-state index in [4.69, 9.17) is 0 Å². The highest BCUT2D eigenvalue weighted by molar-refractivity contribution is 9.09. The van der Waals surface area contributed by atoms with Crippen molar-refractivity contribution in [2.24, 2.45) is 0 Å². The number of halogens is 3. The number of alkyl halides is 3. The fourth-order valence-electron chi connectivity index (χ4n) is 0.356. The lowest BCUT2D eigenvalue weighted by atomic mass is 10.3. The van der Waals surface area contributed by atoms with E-state index in [0.717, 1.165) is 0 Å². The lowest BCUT2D eigenvalue weighted by molar-refractivity contribution is 0.135. The van der Waals surface area contributed by atoms with Gasteiger partial charge in [0.25, 0.3) is 0 Å². The number of hydrogen-bond donors (Lipinski definition) is 0. The predicted octanol–water partition coefficient (Wildman–Crippen LogP) is 2.82. The van der Waals surface area contributed by atoms with Gasteiger partial charge in [-0.25, -0.2) is 8.78 Å². The van der Waals surface area contributed by atoms with Gasteiger partial charge in [-0.3, -0.25) is 0 Å². The first-order chi connectivity index (χ1) is 3.63. The van der Waals surface area contributed by atoms with E-state index in [0.29, 0.717) is 6.42 Å². The molecule has 0 saturated heterocycles. The average molecular weight is 187 g/mol. The highest BCUT2D eigenvalue weighted by Crippen LogP contribution is 2.10. The van der Waals surface area contributed by atoms with Crippen LogP contribution in [0.3, 0.4) is 0 Å². The molecule has 0 N–H and O–H groups in total. The Bertz CT molecular complexity index is 46.4. The summed E-state index contributed by atoms with van der Waals surface area (Å²) in [7, 11) is 0. The van der Waals surface area contributed by atoms with Gasteiger partial charge < -0.3 is 0 Å². The molecule has 0 nitrogen and oxygen atoms in total. The normalized spacial score (nSPS) is 14.6. The first-order valence-electron chi connectivity index (χ1n) is 2.55. The van der Waals surface area contributed by atoms with Crippen LogP contribution in [0.4, 0.5) is 8.78 Å². The first kappa shape index (κ1) is 8.34. The van der Waals surface area contributed by atoms with Crippen LogP contribution in [0.2, 0.25) is 0 Å². The summed E-state index contributed by atoms with van der Waals surface area (Å²) in [6, 6.07) is 0. The molecule has 50 valence electrons. The molecular weight excluding hydrogens is 178 g/mol. The van der Waals surface area contributed by atoms with Crippen molar-refractivity contribution in [3.63, 3.8) is 0 Å². The molecular formula is C5H9BrF2. The Hall–Kier alpha value is 0.340. The maximum atomic E-state index is 11.4. The summed E-state index contributed by atoms with van der Waals surface area (Å²) in [5, 5.41) is 0. The van der Waals surface area contributed by atoms with Gasteiger partial charge in [-0.1, -0.05) is 22.9 Å². The topological polar surface area (TPSA) is 0 Å². The Morgan fingerprint density at radius 3 is 2.00 bits per heavy atom. The van der Waals surface area contributed by atoms with Gasteiger partial charge in [-0.05, 0) is 6.42 Å². The summed E-state index contributed by atoms with van der Waals surface area (Å²) in [5.41, 5.74) is 0. The fraction of sp³-hybridized carbons (Fsp3) is 1.00. The summed E-state index contributed by atoms with van der Waals surface area (Å²) in [6.07, 6.45) is -1.58. The van der Waals surface area contributed by atoms with Crippen LogP contribution in [0.5, 0.6) is 0 Å². The van der Waals surface area contributed by atoms with Gasteiger partial charge in [-0.2, -0.15) is 0 Å². The van der Waals surface area contributed by atoms with E-state index in [-0.39, 0.29) is 11.2 Å². The fourth-order valence-corrected chi connectivity index (χ4v) is 0.620. The zero-order chi connectivity index (χ0) is 6.57. The van der Waals surface area contributed by atoms with Crippen LogP contribution in [0.15, 0.2) is 0 Å². The molecule has 0 aromatic carbocycles. The second-order valence-corrected chi connectivity index (χ2v) is 3.31. The Morgan fingerprint density at radius 1 is 1.38 bits per heavy atom. The third-order valence-corrected chi connectivity index (χ3v) is 1.24. The van der Waals surface area contributed by atoms with E-state index in [1.807, 2.05) is 6.92 Å². The van der Waals surface area contributed by atoms with Gasteiger partial charge in [0.1, 0.15) is 0 Å². The van der Waals surface area contributed by atoms with Crippen molar-refractivity contribution in [1.82, 2.24) is 0 Å². The molecule has 0 saturated carbocycles. The highest BCUT2D eigenvalue weighted by Gasteiger charge is 2.03. The molecule has 8 heavy (non-hydrogen) atoms. The molecule has 0 rings (SSSR count). The zero-order valence-corrected chi connectivity index (χ0v) is 6.29. The number of hydrogen-bond acceptors (Lipinski definition) is 0. The van der Waals surface area contributed by atoms with E-state index in [2.05, 4.69) is 15.9 Å². The van der Waals surface area contributed by atoms with E-state index in [1.54, 1.807) is 0 Å². The van der Waals surface area contributed by atoms with Gasteiger partial charge in [0.2, 0.25) is 6.43 Å². The second-order valence-electron chi connectivity index (χ2n) is 1.75.